The van der Waals surface area contributed by atoms with E-state index < -0.39 is 5.60 Å². The first-order valence-electron chi connectivity index (χ1n) is 12.4. The summed E-state index contributed by atoms with van der Waals surface area (Å²) in [7, 11) is 0. The number of aryl methyl sites for hydroxylation is 2. The highest BCUT2D eigenvalue weighted by atomic mass is 16.3. The second kappa shape index (κ2) is 9.29. The van der Waals surface area contributed by atoms with Crippen molar-refractivity contribution in [3.8, 4) is 0 Å². The summed E-state index contributed by atoms with van der Waals surface area (Å²) < 4.78 is 0. The fourth-order valence-corrected chi connectivity index (χ4v) is 4.88. The van der Waals surface area contributed by atoms with Crippen molar-refractivity contribution in [2.24, 2.45) is 0 Å². The van der Waals surface area contributed by atoms with Crippen LogP contribution in [0.1, 0.15) is 68.2 Å². The minimum absolute atomic E-state index is 0.315. The van der Waals surface area contributed by atoms with Crippen molar-refractivity contribution in [1.82, 2.24) is 19.9 Å². The van der Waals surface area contributed by atoms with E-state index in [2.05, 4.69) is 35.3 Å². The Balaban J connectivity index is 1.42. The monoisotopic (exact) mass is 458 g/mol. The molecule has 0 spiro atoms. The first-order valence-corrected chi connectivity index (χ1v) is 12.4. The number of rotatable bonds is 5. The van der Waals surface area contributed by atoms with Gasteiger partial charge >= 0.3 is 0 Å². The van der Waals surface area contributed by atoms with E-state index in [-0.39, 0.29) is 0 Å². The molecule has 34 heavy (non-hydrogen) atoms. The van der Waals surface area contributed by atoms with E-state index >= 15 is 0 Å². The molecular weight excluding hydrogens is 424 g/mol. The fourth-order valence-electron chi connectivity index (χ4n) is 4.88. The van der Waals surface area contributed by atoms with Crippen molar-refractivity contribution in [3.05, 3.63) is 47.0 Å². The molecule has 3 heterocycles. The normalized spacial score (nSPS) is 23.2. The van der Waals surface area contributed by atoms with Crippen LogP contribution in [-0.4, -0.2) is 49.8 Å². The lowest BCUT2D eigenvalue weighted by Crippen LogP contribution is -2.36. The number of nitrogens with zero attached hydrogens (tertiary/aromatic N) is 5. The molecule has 0 amide bonds. The number of hydrogen-bond acceptors (Lipinski definition) is 7. The van der Waals surface area contributed by atoms with Crippen molar-refractivity contribution < 1.29 is 5.11 Å². The number of anilines is 2. The molecule has 1 aliphatic heterocycles. The zero-order valence-corrected chi connectivity index (χ0v) is 20.4. The molecule has 5 rings (SSSR count). The van der Waals surface area contributed by atoms with Crippen molar-refractivity contribution in [2.45, 2.75) is 70.9 Å². The van der Waals surface area contributed by atoms with Crippen LogP contribution in [0.2, 0.25) is 0 Å². The van der Waals surface area contributed by atoms with Gasteiger partial charge in [-0.2, -0.15) is 0 Å². The van der Waals surface area contributed by atoms with Gasteiger partial charge in [-0.05, 0) is 89.1 Å². The standard InChI is InChI=1S/C27H34N6O/c1-18-6-7-22-23(16-18)30-21(19(2)28-22)8-9-24-31-25(17-26(32-24)33-14-4-5-15-33)29-20-10-12-27(3,34)13-11-20/h6-9,16-17,20,34H,4-5,10-15H2,1-3H3,(H,29,31,32). The van der Waals surface area contributed by atoms with Gasteiger partial charge in [-0.25, -0.2) is 19.9 Å². The molecule has 1 saturated carbocycles. The lowest BCUT2D eigenvalue weighted by molar-refractivity contribution is 0.0196. The second-order valence-corrected chi connectivity index (χ2v) is 10.1. The van der Waals surface area contributed by atoms with E-state index in [9.17, 15) is 5.11 Å². The molecule has 2 N–H and O–H groups in total. The van der Waals surface area contributed by atoms with Gasteiger partial charge in [0.15, 0.2) is 5.82 Å². The van der Waals surface area contributed by atoms with Gasteiger partial charge in [0.25, 0.3) is 0 Å². The zero-order chi connectivity index (χ0) is 23.7. The van der Waals surface area contributed by atoms with E-state index in [1.165, 1.54) is 18.4 Å². The Morgan fingerprint density at radius 2 is 1.74 bits per heavy atom. The molecule has 2 fully saturated rings. The lowest BCUT2D eigenvalue weighted by Gasteiger charge is -2.33. The van der Waals surface area contributed by atoms with Gasteiger partial charge in [0, 0.05) is 25.2 Å². The maximum atomic E-state index is 10.3. The molecule has 3 aromatic rings. The van der Waals surface area contributed by atoms with E-state index in [0.717, 1.165) is 72.8 Å². The van der Waals surface area contributed by atoms with Crippen molar-refractivity contribution in [3.63, 3.8) is 0 Å². The predicted octanol–water partition coefficient (Wildman–Crippen LogP) is 4.91. The average Bonchev–Trinajstić information content (AvgIpc) is 3.34. The third-order valence-corrected chi connectivity index (χ3v) is 7.00. The van der Waals surface area contributed by atoms with E-state index in [1.807, 2.05) is 32.1 Å². The van der Waals surface area contributed by atoms with Crippen LogP contribution < -0.4 is 10.2 Å². The Bertz CT molecular complexity index is 1210. The van der Waals surface area contributed by atoms with Crippen LogP contribution >= 0.6 is 0 Å². The van der Waals surface area contributed by atoms with Gasteiger partial charge in [0.05, 0.1) is 28.0 Å². The quantitative estimate of drug-likeness (QED) is 0.561. The number of aromatic nitrogens is 4. The summed E-state index contributed by atoms with van der Waals surface area (Å²) in [5.74, 6) is 2.48. The highest BCUT2D eigenvalue weighted by Crippen LogP contribution is 2.30. The summed E-state index contributed by atoms with van der Waals surface area (Å²) in [6, 6.07) is 8.52. The molecular formula is C27H34N6O. The largest absolute Gasteiger partial charge is 0.390 e. The van der Waals surface area contributed by atoms with Crippen LogP contribution in [0.5, 0.6) is 0 Å². The molecule has 2 aliphatic rings. The molecule has 178 valence electrons. The number of nitrogens with one attached hydrogen (secondary N) is 1. The highest BCUT2D eigenvalue weighted by molar-refractivity contribution is 5.78. The topological polar surface area (TPSA) is 87.1 Å². The van der Waals surface area contributed by atoms with E-state index in [4.69, 9.17) is 19.9 Å². The van der Waals surface area contributed by atoms with Gasteiger partial charge in [0.2, 0.25) is 0 Å². The van der Waals surface area contributed by atoms with Crippen LogP contribution in [-0.2, 0) is 0 Å². The molecule has 1 saturated heterocycles. The maximum absolute atomic E-state index is 10.3. The maximum Gasteiger partial charge on any atom is 0.156 e. The second-order valence-electron chi connectivity index (χ2n) is 10.1. The van der Waals surface area contributed by atoms with Gasteiger partial charge in [-0.3, -0.25) is 0 Å². The van der Waals surface area contributed by atoms with Crippen LogP contribution in [0.15, 0.2) is 24.3 Å². The molecule has 0 bridgehead atoms. The van der Waals surface area contributed by atoms with Crippen LogP contribution in [0.3, 0.4) is 0 Å². The summed E-state index contributed by atoms with van der Waals surface area (Å²) in [5.41, 5.74) is 4.14. The summed E-state index contributed by atoms with van der Waals surface area (Å²) in [6.45, 7) is 8.04. The Morgan fingerprint density at radius 1 is 0.971 bits per heavy atom. The lowest BCUT2D eigenvalue weighted by atomic mass is 9.84. The summed E-state index contributed by atoms with van der Waals surface area (Å²) in [5, 5.41) is 13.9. The minimum Gasteiger partial charge on any atom is -0.390 e. The molecule has 7 heteroatoms. The van der Waals surface area contributed by atoms with Gasteiger partial charge in [0.1, 0.15) is 11.6 Å². The SMILES string of the molecule is Cc1ccc2nc(C)c(C=Cc3nc(NC4CCC(C)(O)CC4)cc(N4CCCC4)n3)nc2c1. The molecule has 1 aliphatic carbocycles. The van der Waals surface area contributed by atoms with E-state index in [0.29, 0.717) is 11.9 Å². The van der Waals surface area contributed by atoms with Crippen LogP contribution in [0.25, 0.3) is 23.2 Å². The van der Waals surface area contributed by atoms with Gasteiger partial charge in [-0.15, -0.1) is 0 Å². The molecule has 2 aromatic heterocycles. The molecule has 0 unspecified atom stereocenters. The van der Waals surface area contributed by atoms with Crippen LogP contribution in [0, 0.1) is 13.8 Å². The number of fused-ring (bicyclic) bond motifs is 1. The predicted molar refractivity (Wildman–Crippen MR) is 138 cm³/mol. The Kier molecular flexibility index (Phi) is 6.21. The first kappa shape index (κ1) is 22.7. The molecule has 7 nitrogen and oxygen atoms in total. The molecule has 0 radical (unpaired) electrons. The average molecular weight is 459 g/mol. The smallest absolute Gasteiger partial charge is 0.156 e. The summed E-state index contributed by atoms with van der Waals surface area (Å²) in [4.78, 5) is 21.5. The van der Waals surface area contributed by atoms with Crippen molar-refractivity contribution >= 4 is 34.8 Å². The Morgan fingerprint density at radius 3 is 2.50 bits per heavy atom. The minimum atomic E-state index is -0.546. The summed E-state index contributed by atoms with van der Waals surface area (Å²) in [6.07, 6.45) is 9.78. The summed E-state index contributed by atoms with van der Waals surface area (Å²) >= 11 is 0. The first-order chi connectivity index (χ1) is 16.3. The third kappa shape index (κ3) is 5.20. The Hall–Kier alpha value is -3.06. The molecule has 1 aromatic carbocycles. The van der Waals surface area contributed by atoms with Gasteiger partial charge < -0.3 is 15.3 Å². The van der Waals surface area contributed by atoms with Crippen molar-refractivity contribution in [2.75, 3.05) is 23.3 Å². The zero-order valence-electron chi connectivity index (χ0n) is 20.4. The fraction of sp³-hybridized carbons (Fsp3) is 0.481. The number of benzene rings is 1. The Labute approximate surface area is 201 Å². The van der Waals surface area contributed by atoms with Crippen molar-refractivity contribution in [1.29, 1.82) is 0 Å². The molecule has 0 atom stereocenters. The van der Waals surface area contributed by atoms with E-state index in [1.54, 1.807) is 0 Å². The number of aliphatic hydroxyl groups is 1. The van der Waals surface area contributed by atoms with Crippen LogP contribution in [0.4, 0.5) is 11.6 Å². The highest BCUT2D eigenvalue weighted by Gasteiger charge is 2.29. The number of hydrogen-bond donors (Lipinski definition) is 2. The third-order valence-electron chi connectivity index (χ3n) is 7.00. The van der Waals surface area contributed by atoms with Gasteiger partial charge in [-0.1, -0.05) is 6.07 Å².